The maximum atomic E-state index is 11.9. The average molecular weight is 292 g/mol. The van der Waals surface area contributed by atoms with Crippen LogP contribution < -0.4 is 16.0 Å². The quantitative estimate of drug-likeness (QED) is 0.838. The molecule has 0 spiro atoms. The second kappa shape index (κ2) is 5.23. The molecule has 0 saturated heterocycles. The molecular weight excluding hydrogens is 282 g/mol. The first-order valence-corrected chi connectivity index (χ1v) is 5.97. The topological polar surface area (TPSA) is 77.0 Å². The van der Waals surface area contributed by atoms with Gasteiger partial charge in [0.25, 0.3) is 5.56 Å². The van der Waals surface area contributed by atoms with Crippen LogP contribution in [0.2, 0.25) is 5.02 Å². The maximum Gasteiger partial charge on any atom is 0.333 e. The second-order valence-corrected chi connectivity index (χ2v) is 4.44. The van der Waals surface area contributed by atoms with Crippen molar-refractivity contribution in [2.75, 3.05) is 0 Å². The van der Waals surface area contributed by atoms with Gasteiger partial charge in [0.1, 0.15) is 11.8 Å². The summed E-state index contributed by atoms with van der Waals surface area (Å²) in [6.45, 7) is 0. The Morgan fingerprint density at radius 3 is 2.45 bits per heavy atom. The lowest BCUT2D eigenvalue weighted by Crippen LogP contribution is -2.38. The summed E-state index contributed by atoms with van der Waals surface area (Å²) in [6, 6.07) is 8.32. The number of nitrogens with zero attached hydrogens (tertiary/aromatic N) is 3. The number of aromatic nitrogens is 2. The van der Waals surface area contributed by atoms with Gasteiger partial charge in [0.05, 0.1) is 5.02 Å². The van der Waals surface area contributed by atoms with E-state index in [0.29, 0.717) is 5.02 Å². The molecule has 2 rings (SSSR count). The van der Waals surface area contributed by atoms with Gasteiger partial charge in [-0.05, 0) is 12.1 Å². The summed E-state index contributed by atoms with van der Waals surface area (Å²) < 4.78 is 7.41. The normalized spacial score (nSPS) is 10.1. The Morgan fingerprint density at radius 1 is 1.20 bits per heavy atom. The SMILES string of the molecule is Cn1c(Oc2ccccc2Cl)c(C#N)c(=O)n(C)c1=O. The van der Waals surface area contributed by atoms with Crippen LogP contribution in [-0.4, -0.2) is 9.13 Å². The van der Waals surface area contributed by atoms with Crippen molar-refractivity contribution in [3.8, 4) is 17.7 Å². The van der Waals surface area contributed by atoms with E-state index in [1.807, 2.05) is 0 Å². The van der Waals surface area contributed by atoms with Gasteiger partial charge in [0, 0.05) is 14.1 Å². The molecule has 1 aromatic heterocycles. The minimum atomic E-state index is -0.711. The smallest absolute Gasteiger partial charge is 0.333 e. The third-order valence-corrected chi connectivity index (χ3v) is 3.08. The van der Waals surface area contributed by atoms with Crippen molar-refractivity contribution >= 4 is 11.6 Å². The highest BCUT2D eigenvalue weighted by molar-refractivity contribution is 6.32. The van der Waals surface area contributed by atoms with Gasteiger partial charge in [0.15, 0.2) is 5.56 Å². The molecule has 0 amide bonds. The first-order chi connectivity index (χ1) is 9.47. The lowest BCUT2D eigenvalue weighted by atomic mass is 10.3. The number of halogens is 1. The Balaban J connectivity index is 2.70. The molecule has 0 atom stereocenters. The van der Waals surface area contributed by atoms with Crippen LogP contribution in [0.3, 0.4) is 0 Å². The predicted molar refractivity (Wildman–Crippen MR) is 73.2 cm³/mol. The summed E-state index contributed by atoms with van der Waals surface area (Å²) in [6.07, 6.45) is 0. The summed E-state index contributed by atoms with van der Waals surface area (Å²) >= 11 is 5.95. The molecule has 0 N–H and O–H groups in total. The molecule has 0 bridgehead atoms. The highest BCUT2D eigenvalue weighted by Crippen LogP contribution is 2.28. The lowest BCUT2D eigenvalue weighted by molar-refractivity contribution is 0.421. The number of hydrogen-bond donors (Lipinski definition) is 0. The molecule has 7 heteroatoms. The van der Waals surface area contributed by atoms with E-state index in [4.69, 9.17) is 21.6 Å². The standard InChI is InChI=1S/C13H10ClN3O3/c1-16-11(18)8(7-15)12(17(2)13(16)19)20-10-6-4-3-5-9(10)14/h3-6H,1-2H3. The molecule has 0 aliphatic heterocycles. The molecule has 1 aromatic carbocycles. The van der Waals surface area contributed by atoms with Crippen molar-refractivity contribution in [2.24, 2.45) is 14.1 Å². The summed E-state index contributed by atoms with van der Waals surface area (Å²) in [7, 11) is 2.71. The first-order valence-electron chi connectivity index (χ1n) is 5.60. The van der Waals surface area contributed by atoms with Crippen LogP contribution in [0.1, 0.15) is 5.56 Å². The molecule has 1 heterocycles. The van der Waals surface area contributed by atoms with E-state index in [0.717, 1.165) is 9.13 Å². The van der Waals surface area contributed by atoms with E-state index in [-0.39, 0.29) is 17.2 Å². The maximum absolute atomic E-state index is 11.9. The van der Waals surface area contributed by atoms with Crippen LogP contribution in [0.25, 0.3) is 0 Å². The number of benzene rings is 1. The molecule has 20 heavy (non-hydrogen) atoms. The lowest BCUT2D eigenvalue weighted by Gasteiger charge is -2.13. The van der Waals surface area contributed by atoms with Crippen molar-refractivity contribution in [1.29, 1.82) is 5.26 Å². The Hall–Kier alpha value is -2.52. The Labute approximate surface area is 119 Å². The number of hydrogen-bond acceptors (Lipinski definition) is 4. The van der Waals surface area contributed by atoms with E-state index < -0.39 is 11.2 Å². The molecular formula is C13H10ClN3O3. The fourth-order valence-electron chi connectivity index (χ4n) is 1.67. The van der Waals surface area contributed by atoms with E-state index in [9.17, 15) is 9.59 Å². The van der Waals surface area contributed by atoms with Crippen molar-refractivity contribution in [2.45, 2.75) is 0 Å². The van der Waals surface area contributed by atoms with Gasteiger partial charge < -0.3 is 4.74 Å². The van der Waals surface area contributed by atoms with Gasteiger partial charge in [-0.1, -0.05) is 23.7 Å². The van der Waals surface area contributed by atoms with Gasteiger partial charge in [-0.15, -0.1) is 0 Å². The highest BCUT2D eigenvalue weighted by atomic mass is 35.5. The van der Waals surface area contributed by atoms with Crippen LogP contribution in [0, 0.1) is 11.3 Å². The molecule has 102 valence electrons. The average Bonchev–Trinajstić information content (AvgIpc) is 2.45. The Bertz CT molecular complexity index is 830. The van der Waals surface area contributed by atoms with Gasteiger partial charge in [-0.2, -0.15) is 5.26 Å². The zero-order chi connectivity index (χ0) is 14.9. The van der Waals surface area contributed by atoms with E-state index in [2.05, 4.69) is 0 Å². The van der Waals surface area contributed by atoms with Crippen LogP contribution in [0.5, 0.6) is 11.6 Å². The van der Waals surface area contributed by atoms with Crippen molar-refractivity contribution in [3.63, 3.8) is 0 Å². The van der Waals surface area contributed by atoms with Crippen LogP contribution >= 0.6 is 11.6 Å². The molecule has 0 aliphatic carbocycles. The van der Waals surface area contributed by atoms with Crippen LogP contribution in [0.15, 0.2) is 33.9 Å². The molecule has 2 aromatic rings. The van der Waals surface area contributed by atoms with Crippen LogP contribution in [0.4, 0.5) is 0 Å². The summed E-state index contributed by atoms with van der Waals surface area (Å²) in [4.78, 5) is 23.7. The Morgan fingerprint density at radius 2 is 1.85 bits per heavy atom. The monoisotopic (exact) mass is 291 g/mol. The van der Waals surface area contributed by atoms with E-state index in [1.165, 1.54) is 14.1 Å². The third kappa shape index (κ3) is 2.19. The highest BCUT2D eigenvalue weighted by Gasteiger charge is 2.18. The summed E-state index contributed by atoms with van der Waals surface area (Å²) in [5, 5.41) is 9.40. The van der Waals surface area contributed by atoms with Gasteiger partial charge in [-0.3, -0.25) is 13.9 Å². The van der Waals surface area contributed by atoms with Crippen LogP contribution in [-0.2, 0) is 14.1 Å². The third-order valence-electron chi connectivity index (χ3n) is 2.77. The van der Waals surface area contributed by atoms with Crippen molar-refractivity contribution in [1.82, 2.24) is 9.13 Å². The van der Waals surface area contributed by atoms with Gasteiger partial charge >= 0.3 is 5.69 Å². The minimum absolute atomic E-state index is 0.131. The van der Waals surface area contributed by atoms with E-state index >= 15 is 0 Å². The second-order valence-electron chi connectivity index (χ2n) is 4.03. The number of nitriles is 1. The largest absolute Gasteiger partial charge is 0.437 e. The summed E-state index contributed by atoms with van der Waals surface area (Å²) in [5.74, 6) is 0.127. The molecule has 6 nitrogen and oxygen atoms in total. The summed E-state index contributed by atoms with van der Waals surface area (Å²) in [5.41, 5.74) is -1.55. The molecule has 0 aliphatic rings. The zero-order valence-electron chi connectivity index (χ0n) is 10.8. The van der Waals surface area contributed by atoms with Crippen molar-refractivity contribution in [3.05, 3.63) is 55.7 Å². The van der Waals surface area contributed by atoms with Crippen molar-refractivity contribution < 1.29 is 4.74 Å². The number of para-hydroxylation sites is 1. The number of ether oxygens (including phenoxy) is 1. The fraction of sp³-hybridized carbons (Fsp3) is 0.154. The Kier molecular flexibility index (Phi) is 3.63. The first kappa shape index (κ1) is 13.9. The fourth-order valence-corrected chi connectivity index (χ4v) is 1.85. The van der Waals surface area contributed by atoms with E-state index in [1.54, 1.807) is 30.3 Å². The number of rotatable bonds is 2. The zero-order valence-corrected chi connectivity index (χ0v) is 11.5. The molecule has 0 unspecified atom stereocenters. The minimum Gasteiger partial charge on any atom is -0.437 e. The van der Waals surface area contributed by atoms with Gasteiger partial charge in [0.2, 0.25) is 5.88 Å². The van der Waals surface area contributed by atoms with Gasteiger partial charge in [-0.25, -0.2) is 4.79 Å². The molecule has 0 saturated carbocycles. The molecule has 0 fully saturated rings. The predicted octanol–water partition coefficient (Wildman–Crippen LogP) is 1.40. The molecule has 0 radical (unpaired) electrons.